The molecule has 0 saturated heterocycles. The number of hydrogen-bond acceptors (Lipinski definition) is 2. The Morgan fingerprint density at radius 3 is 2.03 bits per heavy atom. The highest BCUT2D eigenvalue weighted by Gasteiger charge is 2.44. The molecule has 0 aromatic heterocycles. The van der Waals surface area contributed by atoms with Crippen LogP contribution in [0.3, 0.4) is 0 Å². The van der Waals surface area contributed by atoms with Gasteiger partial charge in [-0.1, -0.05) is 76.2 Å². The Kier molecular flexibility index (Phi) is 9.33. The SMILES string of the molecule is CCC(CCC(C#N)(c1ccccc1C(F)(F)F)C(C)C)N(CC)CCc1ccccc1. The van der Waals surface area contributed by atoms with Gasteiger partial charge in [0.05, 0.1) is 17.0 Å². The largest absolute Gasteiger partial charge is 0.416 e. The zero-order valence-corrected chi connectivity index (χ0v) is 19.6. The van der Waals surface area contributed by atoms with Crippen molar-refractivity contribution in [2.24, 2.45) is 5.92 Å². The van der Waals surface area contributed by atoms with Crippen LogP contribution in [0.1, 0.15) is 63.6 Å². The molecule has 0 spiro atoms. The van der Waals surface area contributed by atoms with E-state index in [4.69, 9.17) is 0 Å². The van der Waals surface area contributed by atoms with Crippen LogP contribution in [0.4, 0.5) is 13.2 Å². The van der Waals surface area contributed by atoms with Gasteiger partial charge in [0.25, 0.3) is 0 Å². The van der Waals surface area contributed by atoms with Crippen molar-refractivity contribution in [1.29, 1.82) is 5.26 Å². The lowest BCUT2D eigenvalue weighted by atomic mass is 9.67. The maximum Gasteiger partial charge on any atom is 0.416 e. The van der Waals surface area contributed by atoms with E-state index in [0.717, 1.165) is 32.0 Å². The van der Waals surface area contributed by atoms with Crippen LogP contribution in [0.15, 0.2) is 54.6 Å². The van der Waals surface area contributed by atoms with Gasteiger partial charge in [-0.05, 0) is 55.3 Å². The molecule has 0 bridgehead atoms. The summed E-state index contributed by atoms with van der Waals surface area (Å²) in [4.78, 5) is 2.39. The molecule has 2 atom stereocenters. The molecule has 0 radical (unpaired) electrons. The first-order valence-corrected chi connectivity index (χ1v) is 11.6. The van der Waals surface area contributed by atoms with Gasteiger partial charge < -0.3 is 4.90 Å². The zero-order chi connectivity index (χ0) is 23.8. The van der Waals surface area contributed by atoms with Crippen LogP contribution in [0.5, 0.6) is 0 Å². The molecule has 2 aromatic carbocycles. The quantitative estimate of drug-likeness (QED) is 0.365. The highest BCUT2D eigenvalue weighted by atomic mass is 19.4. The van der Waals surface area contributed by atoms with Crippen LogP contribution in [0, 0.1) is 17.2 Å². The summed E-state index contributed by atoms with van der Waals surface area (Å²) in [5.74, 6) is -0.243. The Morgan fingerprint density at radius 2 is 1.53 bits per heavy atom. The Balaban J connectivity index is 2.26. The second-order valence-electron chi connectivity index (χ2n) is 8.75. The molecule has 0 amide bonds. The molecule has 0 fully saturated rings. The Bertz CT molecular complexity index is 870. The summed E-state index contributed by atoms with van der Waals surface area (Å²) < 4.78 is 41.3. The molecule has 174 valence electrons. The van der Waals surface area contributed by atoms with Crippen molar-refractivity contribution >= 4 is 0 Å². The van der Waals surface area contributed by atoms with E-state index in [1.807, 2.05) is 32.0 Å². The van der Waals surface area contributed by atoms with Gasteiger partial charge in [0, 0.05) is 12.6 Å². The number of nitriles is 1. The fourth-order valence-corrected chi connectivity index (χ4v) is 4.65. The summed E-state index contributed by atoms with van der Waals surface area (Å²) >= 11 is 0. The van der Waals surface area contributed by atoms with Crippen LogP contribution < -0.4 is 0 Å². The molecule has 0 saturated carbocycles. The Labute approximate surface area is 191 Å². The summed E-state index contributed by atoms with van der Waals surface area (Å²) in [6, 6.07) is 18.4. The van der Waals surface area contributed by atoms with Gasteiger partial charge in [0.1, 0.15) is 0 Å². The normalized spacial score (nSPS) is 14.9. The monoisotopic (exact) mass is 444 g/mol. The lowest BCUT2D eigenvalue weighted by Crippen LogP contribution is -2.40. The molecule has 2 nitrogen and oxygen atoms in total. The summed E-state index contributed by atoms with van der Waals surface area (Å²) in [6.45, 7) is 9.69. The average molecular weight is 445 g/mol. The molecule has 0 heterocycles. The maximum absolute atomic E-state index is 13.8. The molecule has 32 heavy (non-hydrogen) atoms. The minimum absolute atomic E-state index is 0.104. The van der Waals surface area contributed by atoms with E-state index >= 15 is 0 Å². The Morgan fingerprint density at radius 1 is 0.938 bits per heavy atom. The molecule has 2 aromatic rings. The van der Waals surface area contributed by atoms with Crippen molar-refractivity contribution in [2.45, 2.75) is 71.0 Å². The first-order chi connectivity index (χ1) is 15.2. The predicted octanol–water partition coefficient (Wildman–Crippen LogP) is 7.25. The highest BCUT2D eigenvalue weighted by molar-refractivity contribution is 5.41. The van der Waals surface area contributed by atoms with Crippen molar-refractivity contribution in [3.05, 3.63) is 71.3 Å². The third kappa shape index (κ3) is 6.13. The fraction of sp³-hybridized carbons (Fsp3) is 0.519. The molecular weight excluding hydrogens is 409 g/mol. The van der Waals surface area contributed by atoms with Crippen molar-refractivity contribution in [3.8, 4) is 6.07 Å². The van der Waals surface area contributed by atoms with Crippen LogP contribution in [0.2, 0.25) is 0 Å². The van der Waals surface area contributed by atoms with Gasteiger partial charge in [0.2, 0.25) is 0 Å². The van der Waals surface area contributed by atoms with E-state index in [1.165, 1.54) is 17.7 Å². The lowest BCUT2D eigenvalue weighted by molar-refractivity contribution is -0.138. The van der Waals surface area contributed by atoms with Crippen LogP contribution in [-0.2, 0) is 18.0 Å². The number of likely N-dealkylation sites (N-methyl/N-ethyl adjacent to an activating group) is 1. The van der Waals surface area contributed by atoms with Crippen molar-refractivity contribution < 1.29 is 13.2 Å². The average Bonchev–Trinajstić information content (AvgIpc) is 2.78. The van der Waals surface area contributed by atoms with Crippen LogP contribution >= 0.6 is 0 Å². The Hall–Kier alpha value is -2.32. The predicted molar refractivity (Wildman–Crippen MR) is 124 cm³/mol. The molecule has 0 aliphatic carbocycles. The second-order valence-corrected chi connectivity index (χ2v) is 8.75. The number of alkyl halides is 3. The number of hydrogen-bond donors (Lipinski definition) is 0. The molecule has 0 aliphatic heterocycles. The van der Waals surface area contributed by atoms with E-state index in [1.54, 1.807) is 6.07 Å². The minimum atomic E-state index is -4.48. The molecular formula is C27H35F3N2. The fourth-order valence-electron chi connectivity index (χ4n) is 4.65. The smallest absolute Gasteiger partial charge is 0.300 e. The summed E-state index contributed by atoms with van der Waals surface area (Å²) in [7, 11) is 0. The van der Waals surface area contributed by atoms with Crippen molar-refractivity contribution in [3.63, 3.8) is 0 Å². The van der Waals surface area contributed by atoms with E-state index in [0.29, 0.717) is 12.8 Å². The zero-order valence-electron chi connectivity index (χ0n) is 19.6. The van der Waals surface area contributed by atoms with Gasteiger partial charge in [-0.25, -0.2) is 0 Å². The van der Waals surface area contributed by atoms with Gasteiger partial charge in [0.15, 0.2) is 0 Å². The molecule has 0 N–H and O–H groups in total. The molecule has 2 rings (SSSR count). The number of rotatable bonds is 11. The molecule has 5 heteroatoms. The van der Waals surface area contributed by atoms with Crippen LogP contribution in [0.25, 0.3) is 0 Å². The third-order valence-corrected chi connectivity index (χ3v) is 6.69. The summed E-state index contributed by atoms with van der Waals surface area (Å²) in [6.07, 6.45) is -1.59. The van der Waals surface area contributed by atoms with E-state index in [2.05, 4.69) is 36.9 Å². The van der Waals surface area contributed by atoms with Gasteiger partial charge in [-0.3, -0.25) is 0 Å². The first-order valence-electron chi connectivity index (χ1n) is 11.6. The number of nitrogens with zero attached hydrogens (tertiary/aromatic N) is 2. The lowest BCUT2D eigenvalue weighted by Gasteiger charge is -2.37. The number of benzene rings is 2. The second kappa shape index (κ2) is 11.5. The van der Waals surface area contributed by atoms with Crippen molar-refractivity contribution in [1.82, 2.24) is 4.90 Å². The van der Waals surface area contributed by atoms with Gasteiger partial charge >= 0.3 is 6.18 Å². The highest BCUT2D eigenvalue weighted by Crippen LogP contribution is 2.44. The standard InChI is InChI=1S/C27H35F3N2/c1-5-23(32(6-2)19-17-22-12-8-7-9-13-22)16-18-26(20-31,21(3)4)24-14-10-11-15-25(24)27(28,29)30/h7-15,21,23H,5-6,16-19H2,1-4H3. The third-order valence-electron chi connectivity index (χ3n) is 6.69. The minimum Gasteiger partial charge on any atom is -0.300 e. The van der Waals surface area contributed by atoms with Gasteiger partial charge in [-0.15, -0.1) is 0 Å². The van der Waals surface area contributed by atoms with Crippen molar-refractivity contribution in [2.75, 3.05) is 13.1 Å². The van der Waals surface area contributed by atoms with E-state index in [-0.39, 0.29) is 17.5 Å². The summed E-state index contributed by atoms with van der Waals surface area (Å²) in [5, 5.41) is 10.2. The summed E-state index contributed by atoms with van der Waals surface area (Å²) in [5.41, 5.74) is -0.501. The number of halogens is 3. The topological polar surface area (TPSA) is 27.0 Å². The van der Waals surface area contributed by atoms with Gasteiger partial charge in [-0.2, -0.15) is 18.4 Å². The van der Waals surface area contributed by atoms with E-state index in [9.17, 15) is 18.4 Å². The molecule has 0 aliphatic rings. The maximum atomic E-state index is 13.8. The van der Waals surface area contributed by atoms with Crippen LogP contribution in [-0.4, -0.2) is 24.0 Å². The van der Waals surface area contributed by atoms with E-state index < -0.39 is 17.2 Å². The molecule has 2 unspecified atom stereocenters. The first kappa shape index (κ1) is 25.9.